The molecule has 4 nitrogen and oxygen atoms in total. The van der Waals surface area contributed by atoms with Crippen molar-refractivity contribution in [3.05, 3.63) is 0 Å². The van der Waals surface area contributed by atoms with Crippen molar-refractivity contribution in [3.63, 3.8) is 0 Å². The second-order valence-electron chi connectivity index (χ2n) is 0.441. The molecule has 0 aromatic rings. The third kappa shape index (κ3) is 2.76. The molecule has 0 bridgehead atoms. The van der Waals surface area contributed by atoms with Crippen molar-refractivity contribution in [2.24, 2.45) is 15.9 Å². The molecular formula is C2H3N4+. The fraction of sp³-hybridized carbons (Fsp3) is 0. The highest BCUT2D eigenvalue weighted by atomic mass is 15.2. The van der Waals surface area contributed by atoms with Crippen molar-refractivity contribution in [1.82, 2.24) is 0 Å². The van der Waals surface area contributed by atoms with E-state index in [1.165, 1.54) is 0 Å². The van der Waals surface area contributed by atoms with Crippen molar-refractivity contribution >= 4 is 12.3 Å². The Balaban J connectivity index is 3.33. The maximum absolute atomic E-state index is 6.10. The van der Waals surface area contributed by atoms with Crippen LogP contribution in [0.4, 0.5) is 0 Å². The zero-order valence-corrected chi connectivity index (χ0v) is 2.97. The first-order valence-electron chi connectivity index (χ1n) is 1.19. The molecule has 0 aliphatic heterocycles. The van der Waals surface area contributed by atoms with E-state index >= 15 is 0 Å². The average Bonchev–Trinajstić information content (AvgIpc) is 1.61. The molecule has 6 heavy (non-hydrogen) atoms. The van der Waals surface area contributed by atoms with Crippen molar-refractivity contribution < 1.29 is 0 Å². The maximum Gasteiger partial charge on any atom is 0.539 e. The largest absolute Gasteiger partial charge is 0.539 e. The molecule has 4 heteroatoms. The number of nitrogens with two attached hydrogens (primary N) is 1. The SMILES string of the molecule is N=C=NN=[C+]N. The minimum atomic E-state index is 1.63. The lowest BCUT2D eigenvalue weighted by Gasteiger charge is -1.40. The van der Waals surface area contributed by atoms with Gasteiger partial charge in [-0.3, -0.25) is 0 Å². The monoisotopic (exact) mass is 83.0 g/mol. The summed E-state index contributed by atoms with van der Waals surface area (Å²) in [6, 6.07) is 1.63. The highest BCUT2D eigenvalue weighted by Gasteiger charge is 1.70. The third-order valence-electron chi connectivity index (χ3n) is 0.158. The highest BCUT2D eigenvalue weighted by Crippen LogP contribution is 1.53. The van der Waals surface area contributed by atoms with Crippen LogP contribution in [0.2, 0.25) is 0 Å². The Labute approximate surface area is 34.9 Å². The van der Waals surface area contributed by atoms with Crippen molar-refractivity contribution in [3.8, 4) is 0 Å². The van der Waals surface area contributed by atoms with Crippen LogP contribution in [0, 0.1) is 5.41 Å². The molecule has 0 heterocycles. The van der Waals surface area contributed by atoms with Crippen LogP contribution in [-0.4, -0.2) is 12.3 Å². The van der Waals surface area contributed by atoms with E-state index < -0.39 is 0 Å². The van der Waals surface area contributed by atoms with Gasteiger partial charge in [-0.15, -0.1) is 0 Å². The van der Waals surface area contributed by atoms with Crippen LogP contribution in [0.3, 0.4) is 0 Å². The molecule has 0 fully saturated rings. The normalized spacial score (nSPS) is 6.67. The van der Waals surface area contributed by atoms with E-state index in [9.17, 15) is 0 Å². The molecule has 0 spiro atoms. The van der Waals surface area contributed by atoms with Gasteiger partial charge >= 0.3 is 6.34 Å². The van der Waals surface area contributed by atoms with E-state index in [0.717, 1.165) is 0 Å². The van der Waals surface area contributed by atoms with Crippen LogP contribution in [-0.2, 0) is 0 Å². The molecule has 0 saturated heterocycles. The number of hydrogen-bond donors (Lipinski definition) is 2. The van der Waals surface area contributed by atoms with Gasteiger partial charge in [0.1, 0.15) is 6.01 Å². The molecule has 0 radical (unpaired) electrons. The van der Waals surface area contributed by atoms with Gasteiger partial charge in [0.05, 0.1) is 0 Å². The van der Waals surface area contributed by atoms with E-state index in [1.807, 2.05) is 6.34 Å². The predicted molar refractivity (Wildman–Crippen MR) is 21.8 cm³/mol. The second-order valence-corrected chi connectivity index (χ2v) is 0.441. The van der Waals surface area contributed by atoms with Crippen LogP contribution in [0.15, 0.2) is 10.2 Å². The first-order chi connectivity index (χ1) is 2.91. The zero-order valence-electron chi connectivity index (χ0n) is 2.97. The second kappa shape index (κ2) is 3.76. The average molecular weight is 83.1 g/mol. The van der Waals surface area contributed by atoms with Gasteiger partial charge in [0, 0.05) is 0 Å². The Kier molecular flexibility index (Phi) is 2.98. The summed E-state index contributed by atoms with van der Waals surface area (Å²) in [6.07, 6.45) is 1.84. The van der Waals surface area contributed by atoms with Gasteiger partial charge in [0.2, 0.25) is 0 Å². The zero-order chi connectivity index (χ0) is 4.83. The number of nitrogens with one attached hydrogen (secondary N) is 1. The van der Waals surface area contributed by atoms with Crippen molar-refractivity contribution in [2.45, 2.75) is 0 Å². The Morgan fingerprint density at radius 2 is 2.50 bits per heavy atom. The van der Waals surface area contributed by atoms with Crippen LogP contribution < -0.4 is 5.73 Å². The van der Waals surface area contributed by atoms with Crippen LogP contribution in [0.5, 0.6) is 0 Å². The quantitative estimate of drug-likeness (QED) is 0.145. The molecule has 30 valence electrons. The molecular weight excluding hydrogens is 80.0 g/mol. The minimum Gasteiger partial charge on any atom is -0.240 e. The van der Waals surface area contributed by atoms with Gasteiger partial charge in [-0.2, -0.15) is 5.73 Å². The molecule has 0 aliphatic rings. The maximum atomic E-state index is 6.10. The van der Waals surface area contributed by atoms with E-state index in [2.05, 4.69) is 15.9 Å². The highest BCUT2D eigenvalue weighted by molar-refractivity contribution is 5.51. The molecule has 0 aromatic heterocycles. The minimum absolute atomic E-state index is 1.63. The fourth-order valence-electron chi connectivity index (χ4n) is 0.0539. The smallest absolute Gasteiger partial charge is 0.240 e. The van der Waals surface area contributed by atoms with Crippen LogP contribution >= 0.6 is 0 Å². The summed E-state index contributed by atoms with van der Waals surface area (Å²) in [5, 5.41) is 11.9. The van der Waals surface area contributed by atoms with Crippen molar-refractivity contribution in [1.29, 1.82) is 5.41 Å². The Morgan fingerprint density at radius 3 is 2.67 bits per heavy atom. The molecule has 0 amide bonds. The van der Waals surface area contributed by atoms with Gasteiger partial charge in [0.25, 0.3) is 0 Å². The molecule has 0 saturated carbocycles. The van der Waals surface area contributed by atoms with Gasteiger partial charge in [0.15, 0.2) is 5.10 Å². The Morgan fingerprint density at radius 1 is 1.83 bits per heavy atom. The van der Waals surface area contributed by atoms with E-state index in [1.54, 1.807) is 6.01 Å². The first-order valence-corrected chi connectivity index (χ1v) is 1.19. The summed E-state index contributed by atoms with van der Waals surface area (Å²) < 4.78 is 0. The summed E-state index contributed by atoms with van der Waals surface area (Å²) in [4.78, 5) is 0. The van der Waals surface area contributed by atoms with E-state index in [-0.39, 0.29) is 0 Å². The fourth-order valence-corrected chi connectivity index (χ4v) is 0.0539. The summed E-state index contributed by atoms with van der Waals surface area (Å²) in [7, 11) is 0. The third-order valence-corrected chi connectivity index (χ3v) is 0.158. The van der Waals surface area contributed by atoms with E-state index in [0.29, 0.717) is 0 Å². The molecule has 0 unspecified atom stereocenters. The number of rotatable bonds is 1. The predicted octanol–water partition coefficient (Wildman–Crippen LogP) is -0.482. The Hall–Kier alpha value is -1.24. The molecule has 3 N–H and O–H groups in total. The molecule has 0 rings (SSSR count). The van der Waals surface area contributed by atoms with Gasteiger partial charge in [-0.05, 0) is 5.10 Å². The lowest BCUT2D eigenvalue weighted by molar-refractivity contribution is 1.25. The lowest BCUT2D eigenvalue weighted by Crippen LogP contribution is -1.84. The summed E-state index contributed by atoms with van der Waals surface area (Å²) in [6.45, 7) is 0. The number of nitrogens with zero attached hydrogens (tertiary/aromatic N) is 2. The van der Waals surface area contributed by atoms with Crippen LogP contribution in [0.1, 0.15) is 0 Å². The topological polar surface area (TPSA) is 74.6 Å². The first kappa shape index (κ1) is 4.76. The van der Waals surface area contributed by atoms with Gasteiger partial charge in [-0.1, -0.05) is 0 Å². The van der Waals surface area contributed by atoms with E-state index in [4.69, 9.17) is 5.41 Å². The number of hydrogen-bond acceptors (Lipinski definition) is 3. The summed E-state index contributed by atoms with van der Waals surface area (Å²) in [5.74, 6) is 0. The van der Waals surface area contributed by atoms with Gasteiger partial charge in [-0.25, -0.2) is 5.41 Å². The van der Waals surface area contributed by atoms with Crippen molar-refractivity contribution in [2.75, 3.05) is 0 Å². The molecule has 0 aliphatic carbocycles. The summed E-state index contributed by atoms with van der Waals surface area (Å²) >= 11 is 0. The lowest BCUT2D eigenvalue weighted by atomic mass is 11.4. The molecule has 0 atom stereocenters. The standard InChI is InChI=1S/C2H3N4/c3-1-5-6-2-4/h3H,(H2,4,6)/q+1. The summed E-state index contributed by atoms with van der Waals surface area (Å²) in [5.41, 5.74) is 4.58. The molecule has 0 aromatic carbocycles. The van der Waals surface area contributed by atoms with Crippen LogP contribution in [0.25, 0.3) is 0 Å². The Bertz CT molecular complexity index is 87.7. The van der Waals surface area contributed by atoms with Gasteiger partial charge < -0.3 is 0 Å².